The van der Waals surface area contributed by atoms with Gasteiger partial charge in [-0.15, -0.1) is 6.58 Å². The van der Waals surface area contributed by atoms with Gasteiger partial charge >= 0.3 is 5.97 Å². The molecular weight excluding hydrogens is 346 g/mol. The van der Waals surface area contributed by atoms with Crippen molar-refractivity contribution in [2.45, 2.75) is 19.3 Å². The summed E-state index contributed by atoms with van der Waals surface area (Å²) < 4.78 is 0.401. The van der Waals surface area contributed by atoms with Crippen molar-refractivity contribution in [3.8, 4) is 5.75 Å². The number of amides is 1. The van der Waals surface area contributed by atoms with Crippen molar-refractivity contribution in [1.29, 1.82) is 0 Å². The normalized spacial score (nSPS) is 16.0. The lowest BCUT2D eigenvalue weighted by Crippen LogP contribution is -2.29. The molecule has 2 rings (SSSR count). The maximum atomic E-state index is 12.4. The van der Waals surface area contributed by atoms with Crippen LogP contribution in [0.1, 0.15) is 24.0 Å². The van der Waals surface area contributed by atoms with E-state index in [0.29, 0.717) is 27.6 Å². The van der Waals surface area contributed by atoms with Crippen LogP contribution in [0.15, 0.2) is 35.8 Å². The zero-order valence-corrected chi connectivity index (χ0v) is 14.5. The van der Waals surface area contributed by atoms with Crippen molar-refractivity contribution in [3.63, 3.8) is 0 Å². The molecule has 1 fully saturated rings. The van der Waals surface area contributed by atoms with Crippen LogP contribution in [-0.4, -0.2) is 37.9 Å². The molecular formula is C17H17NO4S2. The molecule has 1 heterocycles. The molecule has 1 saturated heterocycles. The predicted octanol–water partition coefficient (Wildman–Crippen LogP) is 3.19. The molecule has 7 heteroatoms. The van der Waals surface area contributed by atoms with E-state index in [-0.39, 0.29) is 24.6 Å². The number of thiocarbonyl (C=S) groups is 1. The fraction of sp³-hybridized carbons (Fsp3) is 0.235. The number of nitrogens with zero attached hydrogens (tertiary/aromatic N) is 1. The first-order valence-electron chi connectivity index (χ1n) is 7.33. The highest BCUT2D eigenvalue weighted by Crippen LogP contribution is 2.35. The topological polar surface area (TPSA) is 77.8 Å². The Labute approximate surface area is 149 Å². The maximum absolute atomic E-state index is 12.4. The van der Waals surface area contributed by atoms with Crippen molar-refractivity contribution < 1.29 is 19.8 Å². The van der Waals surface area contributed by atoms with Crippen LogP contribution >= 0.6 is 24.0 Å². The quantitative estimate of drug-likeness (QED) is 0.440. The second-order valence-corrected chi connectivity index (χ2v) is 6.85. The van der Waals surface area contributed by atoms with E-state index in [9.17, 15) is 14.7 Å². The number of carboxylic acid groups (broad SMARTS) is 1. The van der Waals surface area contributed by atoms with E-state index in [1.807, 2.05) is 0 Å². The Bertz CT molecular complexity index is 727. The van der Waals surface area contributed by atoms with Crippen LogP contribution in [0.3, 0.4) is 0 Å². The van der Waals surface area contributed by atoms with Crippen molar-refractivity contribution in [2.75, 3.05) is 6.54 Å². The van der Waals surface area contributed by atoms with Crippen LogP contribution < -0.4 is 0 Å². The van der Waals surface area contributed by atoms with Crippen LogP contribution in [0.4, 0.5) is 0 Å². The van der Waals surface area contributed by atoms with Crippen molar-refractivity contribution in [1.82, 2.24) is 4.90 Å². The predicted molar refractivity (Wildman–Crippen MR) is 98.8 cm³/mol. The minimum atomic E-state index is -0.903. The van der Waals surface area contributed by atoms with Gasteiger partial charge in [-0.1, -0.05) is 48.3 Å². The Kier molecular flexibility index (Phi) is 6.16. The number of para-hydroxylation sites is 1. The summed E-state index contributed by atoms with van der Waals surface area (Å²) in [6.07, 6.45) is 4.17. The smallest absolute Gasteiger partial charge is 0.303 e. The van der Waals surface area contributed by atoms with E-state index in [1.54, 1.807) is 30.4 Å². The number of benzene rings is 1. The van der Waals surface area contributed by atoms with Gasteiger partial charge in [0.25, 0.3) is 5.91 Å². The third kappa shape index (κ3) is 4.24. The van der Waals surface area contributed by atoms with Gasteiger partial charge in [0, 0.05) is 18.5 Å². The highest BCUT2D eigenvalue weighted by Gasteiger charge is 2.31. The standard InChI is InChI=1S/C17H17NO4S2/c1-2-5-11-6-3-7-12(15(11)21)10-13-16(22)18(17(23)24-13)9-4-8-14(19)20/h2-3,6-7,10,21H,1,4-5,8-9H2,(H,19,20)/b13-10-. The molecule has 0 aliphatic carbocycles. The molecule has 0 bridgehead atoms. The molecule has 0 radical (unpaired) electrons. The molecule has 5 nitrogen and oxygen atoms in total. The monoisotopic (exact) mass is 363 g/mol. The minimum absolute atomic E-state index is 0.0134. The molecule has 0 unspecified atom stereocenters. The highest BCUT2D eigenvalue weighted by molar-refractivity contribution is 8.26. The number of aliphatic carboxylic acids is 1. The lowest BCUT2D eigenvalue weighted by Gasteiger charge is -2.13. The number of aromatic hydroxyl groups is 1. The summed E-state index contributed by atoms with van der Waals surface area (Å²) in [5.74, 6) is -1.04. The van der Waals surface area contributed by atoms with Crippen molar-refractivity contribution >= 4 is 46.3 Å². The van der Waals surface area contributed by atoms with E-state index in [2.05, 4.69) is 6.58 Å². The van der Waals surface area contributed by atoms with Gasteiger partial charge in [-0.3, -0.25) is 14.5 Å². The first-order chi connectivity index (χ1) is 11.4. The van der Waals surface area contributed by atoms with Gasteiger partial charge in [0.2, 0.25) is 0 Å². The Morgan fingerprint density at radius 3 is 2.83 bits per heavy atom. The fourth-order valence-electron chi connectivity index (χ4n) is 2.27. The summed E-state index contributed by atoms with van der Waals surface area (Å²) >= 11 is 6.35. The Morgan fingerprint density at radius 1 is 1.42 bits per heavy atom. The molecule has 0 spiro atoms. The van der Waals surface area contributed by atoms with Crippen molar-refractivity contribution in [3.05, 3.63) is 46.9 Å². The minimum Gasteiger partial charge on any atom is -0.507 e. The summed E-state index contributed by atoms with van der Waals surface area (Å²) in [5, 5.41) is 19.0. The van der Waals surface area contributed by atoms with E-state index in [4.69, 9.17) is 17.3 Å². The zero-order valence-electron chi connectivity index (χ0n) is 12.9. The molecule has 1 aromatic carbocycles. The largest absolute Gasteiger partial charge is 0.507 e. The number of phenolic OH excluding ortho intramolecular Hbond substituents is 1. The van der Waals surface area contributed by atoms with Crippen LogP contribution in [-0.2, 0) is 16.0 Å². The van der Waals surface area contributed by atoms with Gasteiger partial charge < -0.3 is 10.2 Å². The van der Waals surface area contributed by atoms with E-state index in [1.165, 1.54) is 4.90 Å². The molecule has 2 N–H and O–H groups in total. The Morgan fingerprint density at radius 2 is 2.17 bits per heavy atom. The van der Waals surface area contributed by atoms with Gasteiger partial charge in [-0.2, -0.15) is 0 Å². The third-order valence-corrected chi connectivity index (χ3v) is 4.83. The molecule has 1 aliphatic heterocycles. The first-order valence-corrected chi connectivity index (χ1v) is 8.55. The maximum Gasteiger partial charge on any atom is 0.303 e. The number of rotatable bonds is 7. The summed E-state index contributed by atoms with van der Waals surface area (Å²) in [6, 6.07) is 5.32. The molecule has 1 amide bonds. The fourth-order valence-corrected chi connectivity index (χ4v) is 3.57. The second kappa shape index (κ2) is 8.12. The molecule has 24 heavy (non-hydrogen) atoms. The summed E-state index contributed by atoms with van der Waals surface area (Å²) in [5.41, 5.74) is 1.27. The highest BCUT2D eigenvalue weighted by atomic mass is 32.2. The van der Waals surface area contributed by atoms with Crippen molar-refractivity contribution in [2.24, 2.45) is 0 Å². The summed E-state index contributed by atoms with van der Waals surface area (Å²) in [7, 11) is 0. The molecule has 0 saturated carbocycles. The number of carbonyl (C=O) groups excluding carboxylic acids is 1. The molecule has 1 aliphatic rings. The van der Waals surface area contributed by atoms with Gasteiger partial charge in [0.05, 0.1) is 4.91 Å². The SMILES string of the molecule is C=CCc1cccc(/C=C2\SC(=S)N(CCCC(=O)O)C2=O)c1O. The molecule has 126 valence electrons. The Balaban J connectivity index is 2.18. The number of hydrogen-bond acceptors (Lipinski definition) is 5. The van der Waals surface area contributed by atoms with Crippen LogP contribution in [0.25, 0.3) is 6.08 Å². The average Bonchev–Trinajstić information content (AvgIpc) is 2.78. The summed E-state index contributed by atoms with van der Waals surface area (Å²) in [6.45, 7) is 3.93. The average molecular weight is 363 g/mol. The first kappa shape index (κ1) is 18.2. The number of hydrogen-bond donors (Lipinski definition) is 2. The third-order valence-electron chi connectivity index (χ3n) is 3.45. The van der Waals surface area contributed by atoms with E-state index >= 15 is 0 Å². The number of carboxylic acids is 1. The Hall–Kier alpha value is -2.12. The molecule has 0 atom stereocenters. The number of phenols is 1. The summed E-state index contributed by atoms with van der Waals surface area (Å²) in [4.78, 5) is 24.8. The zero-order chi connectivity index (χ0) is 17.7. The van der Waals surface area contributed by atoms with E-state index < -0.39 is 5.97 Å². The lowest BCUT2D eigenvalue weighted by molar-refractivity contribution is -0.137. The van der Waals surface area contributed by atoms with Gasteiger partial charge in [-0.05, 0) is 24.5 Å². The second-order valence-electron chi connectivity index (χ2n) is 5.18. The van der Waals surface area contributed by atoms with Gasteiger partial charge in [-0.25, -0.2) is 0 Å². The van der Waals surface area contributed by atoms with Crippen LogP contribution in [0, 0.1) is 0 Å². The van der Waals surface area contributed by atoms with Crippen LogP contribution in [0.2, 0.25) is 0 Å². The lowest BCUT2D eigenvalue weighted by atomic mass is 10.1. The van der Waals surface area contributed by atoms with Gasteiger partial charge in [0.15, 0.2) is 0 Å². The van der Waals surface area contributed by atoms with Gasteiger partial charge in [0.1, 0.15) is 10.1 Å². The number of carbonyl (C=O) groups is 2. The number of thioether (sulfide) groups is 1. The molecule has 0 aromatic heterocycles. The van der Waals surface area contributed by atoms with E-state index in [0.717, 1.165) is 17.3 Å². The molecule has 1 aromatic rings. The van der Waals surface area contributed by atoms with Crippen LogP contribution in [0.5, 0.6) is 5.75 Å². The number of allylic oxidation sites excluding steroid dienone is 1.